The molecular weight excluding hydrogens is 442 g/mol. The predicted molar refractivity (Wildman–Crippen MR) is 132 cm³/mol. The van der Waals surface area contributed by atoms with Gasteiger partial charge < -0.3 is 15.0 Å². The van der Waals surface area contributed by atoms with Crippen molar-refractivity contribution in [1.82, 2.24) is 19.4 Å². The molecule has 8 heteroatoms. The number of anilines is 2. The Kier molecular flexibility index (Phi) is 5.71. The highest BCUT2D eigenvalue weighted by atomic mass is 35.5. The van der Waals surface area contributed by atoms with Crippen LogP contribution in [0.4, 0.5) is 11.6 Å². The molecule has 1 aliphatic heterocycles. The maximum atomic E-state index is 6.55. The highest BCUT2D eigenvalue weighted by Gasteiger charge is 2.18. The summed E-state index contributed by atoms with van der Waals surface area (Å²) in [5.41, 5.74) is 4.51. The third-order valence-corrected chi connectivity index (χ3v) is 6.85. The summed E-state index contributed by atoms with van der Waals surface area (Å²) in [6.07, 6.45) is 6.80. The molecule has 0 spiro atoms. The zero-order chi connectivity index (χ0) is 22.2. The number of halogens is 1. The van der Waals surface area contributed by atoms with Gasteiger partial charge in [-0.3, -0.25) is 4.57 Å². The SMILES string of the molecule is COc1cc2c(cc1Nc1ncc(Cl)c(-n3cc(SC)c4ccccc43)n1)CN(C)CC2. The van der Waals surface area contributed by atoms with Crippen molar-refractivity contribution in [3.05, 3.63) is 64.9 Å². The fraction of sp³-hybridized carbons (Fsp3) is 0.250. The Morgan fingerprint density at radius 1 is 1.19 bits per heavy atom. The Bertz CT molecular complexity index is 1310. The highest BCUT2D eigenvalue weighted by molar-refractivity contribution is 7.98. The van der Waals surface area contributed by atoms with Crippen LogP contribution in [0.5, 0.6) is 5.75 Å². The monoisotopic (exact) mass is 465 g/mol. The summed E-state index contributed by atoms with van der Waals surface area (Å²) >= 11 is 8.25. The van der Waals surface area contributed by atoms with Crippen molar-refractivity contribution in [2.45, 2.75) is 17.9 Å². The van der Waals surface area contributed by atoms with E-state index in [2.05, 4.69) is 59.0 Å². The Balaban J connectivity index is 1.55. The number of hydrogen-bond donors (Lipinski definition) is 1. The van der Waals surface area contributed by atoms with Gasteiger partial charge in [-0.15, -0.1) is 11.8 Å². The number of rotatable bonds is 5. The van der Waals surface area contributed by atoms with Crippen LogP contribution >= 0.6 is 23.4 Å². The first kappa shape index (κ1) is 21.1. The second-order valence-corrected chi connectivity index (χ2v) is 9.14. The van der Waals surface area contributed by atoms with Gasteiger partial charge >= 0.3 is 0 Å². The maximum Gasteiger partial charge on any atom is 0.229 e. The van der Waals surface area contributed by atoms with Gasteiger partial charge in [0.2, 0.25) is 5.95 Å². The Hall–Kier alpha value is -2.74. The normalized spacial score (nSPS) is 13.9. The molecule has 2 aromatic carbocycles. The molecule has 2 aromatic heterocycles. The number of fused-ring (bicyclic) bond motifs is 2. The lowest BCUT2D eigenvalue weighted by molar-refractivity contribution is 0.312. The number of para-hydroxylation sites is 1. The molecule has 6 nitrogen and oxygen atoms in total. The van der Waals surface area contributed by atoms with Gasteiger partial charge in [0.25, 0.3) is 0 Å². The van der Waals surface area contributed by atoms with E-state index in [1.54, 1.807) is 25.1 Å². The van der Waals surface area contributed by atoms with Crippen molar-refractivity contribution in [2.75, 3.05) is 32.3 Å². The lowest BCUT2D eigenvalue weighted by Crippen LogP contribution is -2.26. The molecule has 0 aliphatic carbocycles. The van der Waals surface area contributed by atoms with E-state index in [0.717, 1.165) is 36.5 Å². The summed E-state index contributed by atoms with van der Waals surface area (Å²) in [5, 5.41) is 5.01. The summed E-state index contributed by atoms with van der Waals surface area (Å²) < 4.78 is 7.68. The number of ether oxygens (including phenoxy) is 1. The first-order valence-corrected chi connectivity index (χ1v) is 12.0. The van der Waals surface area contributed by atoms with E-state index in [1.165, 1.54) is 21.4 Å². The van der Waals surface area contributed by atoms with Crippen molar-refractivity contribution < 1.29 is 4.74 Å². The quantitative estimate of drug-likeness (QED) is 0.391. The molecule has 164 valence electrons. The molecule has 5 rings (SSSR count). The van der Waals surface area contributed by atoms with E-state index in [4.69, 9.17) is 21.3 Å². The van der Waals surface area contributed by atoms with Crippen molar-refractivity contribution in [2.24, 2.45) is 0 Å². The Labute approximate surface area is 196 Å². The third-order valence-electron chi connectivity index (χ3n) is 5.82. The van der Waals surface area contributed by atoms with Crippen LogP contribution in [0, 0.1) is 0 Å². The molecule has 0 fully saturated rings. The zero-order valence-corrected chi connectivity index (χ0v) is 19.8. The molecule has 0 amide bonds. The molecule has 32 heavy (non-hydrogen) atoms. The first-order chi connectivity index (χ1) is 15.6. The van der Waals surface area contributed by atoms with Gasteiger partial charge in [0.1, 0.15) is 10.8 Å². The molecule has 3 heterocycles. The molecule has 0 unspecified atom stereocenters. The molecule has 0 saturated heterocycles. The van der Waals surface area contributed by atoms with Gasteiger partial charge in [-0.1, -0.05) is 29.8 Å². The van der Waals surface area contributed by atoms with Gasteiger partial charge in [0.05, 0.1) is 24.5 Å². The Morgan fingerprint density at radius 3 is 2.84 bits per heavy atom. The number of aromatic nitrogens is 3. The fourth-order valence-corrected chi connectivity index (χ4v) is 4.97. The lowest BCUT2D eigenvalue weighted by Gasteiger charge is -2.26. The van der Waals surface area contributed by atoms with E-state index >= 15 is 0 Å². The molecule has 4 aromatic rings. The zero-order valence-electron chi connectivity index (χ0n) is 18.2. The number of nitrogens with one attached hydrogen (secondary N) is 1. The summed E-state index contributed by atoms with van der Waals surface area (Å²) in [6.45, 7) is 1.96. The molecule has 0 bridgehead atoms. The topological polar surface area (TPSA) is 55.2 Å². The van der Waals surface area contributed by atoms with Crippen molar-refractivity contribution in [3.63, 3.8) is 0 Å². The highest BCUT2D eigenvalue weighted by Crippen LogP contribution is 2.35. The molecular formula is C24H24ClN5OS. The molecule has 0 saturated carbocycles. The minimum absolute atomic E-state index is 0.468. The van der Waals surface area contributed by atoms with Crippen LogP contribution in [0.1, 0.15) is 11.1 Å². The molecule has 0 atom stereocenters. The van der Waals surface area contributed by atoms with Crippen LogP contribution < -0.4 is 10.1 Å². The van der Waals surface area contributed by atoms with Gasteiger partial charge in [0, 0.05) is 29.6 Å². The number of hydrogen-bond acceptors (Lipinski definition) is 6. The van der Waals surface area contributed by atoms with E-state index in [-0.39, 0.29) is 0 Å². The minimum Gasteiger partial charge on any atom is -0.495 e. The third kappa shape index (κ3) is 3.81. The van der Waals surface area contributed by atoms with Gasteiger partial charge in [0.15, 0.2) is 5.82 Å². The predicted octanol–water partition coefficient (Wildman–Crippen LogP) is 5.54. The van der Waals surface area contributed by atoms with Crippen LogP contribution in [-0.2, 0) is 13.0 Å². The van der Waals surface area contributed by atoms with Crippen LogP contribution in [0.15, 0.2) is 53.7 Å². The summed E-state index contributed by atoms with van der Waals surface area (Å²) in [5.74, 6) is 1.89. The lowest BCUT2D eigenvalue weighted by atomic mass is 9.99. The van der Waals surface area contributed by atoms with Gasteiger partial charge in [-0.25, -0.2) is 4.98 Å². The molecule has 1 aliphatic rings. The number of thioether (sulfide) groups is 1. The van der Waals surface area contributed by atoms with Crippen molar-refractivity contribution in [3.8, 4) is 11.6 Å². The van der Waals surface area contributed by atoms with E-state index in [1.807, 2.05) is 16.7 Å². The minimum atomic E-state index is 0.468. The van der Waals surface area contributed by atoms with Gasteiger partial charge in [-0.2, -0.15) is 4.98 Å². The van der Waals surface area contributed by atoms with Crippen LogP contribution in [-0.4, -0.2) is 46.4 Å². The van der Waals surface area contributed by atoms with E-state index < -0.39 is 0 Å². The molecule has 1 N–H and O–H groups in total. The van der Waals surface area contributed by atoms with E-state index in [0.29, 0.717) is 16.8 Å². The number of methoxy groups -OCH3 is 1. The average Bonchev–Trinajstić information content (AvgIpc) is 3.18. The van der Waals surface area contributed by atoms with Crippen LogP contribution in [0.3, 0.4) is 0 Å². The molecule has 0 radical (unpaired) electrons. The van der Waals surface area contributed by atoms with Crippen molar-refractivity contribution >= 4 is 45.9 Å². The second kappa shape index (κ2) is 8.65. The Morgan fingerprint density at radius 2 is 2.03 bits per heavy atom. The number of benzene rings is 2. The fourth-order valence-electron chi connectivity index (χ4n) is 4.19. The van der Waals surface area contributed by atoms with Crippen molar-refractivity contribution in [1.29, 1.82) is 0 Å². The average molecular weight is 466 g/mol. The standard InChI is InChI=1S/C24H24ClN5OS/c1-29-9-8-15-11-21(31-2)19(10-16(15)13-29)27-24-26-12-18(25)23(28-24)30-14-22(32-3)17-6-4-5-7-20(17)30/h4-7,10-12,14H,8-9,13H2,1-3H3,(H,26,27,28). The number of nitrogens with zero attached hydrogens (tertiary/aromatic N) is 4. The van der Waals surface area contributed by atoms with Crippen LogP contribution in [0.2, 0.25) is 5.02 Å². The van der Waals surface area contributed by atoms with Crippen LogP contribution in [0.25, 0.3) is 16.7 Å². The summed E-state index contributed by atoms with van der Waals surface area (Å²) in [6, 6.07) is 12.5. The summed E-state index contributed by atoms with van der Waals surface area (Å²) in [7, 11) is 3.82. The van der Waals surface area contributed by atoms with E-state index in [9.17, 15) is 0 Å². The summed E-state index contributed by atoms with van der Waals surface area (Å²) in [4.78, 5) is 12.7. The largest absolute Gasteiger partial charge is 0.495 e. The van der Waals surface area contributed by atoms with Gasteiger partial charge in [-0.05, 0) is 49.1 Å². The maximum absolute atomic E-state index is 6.55. The number of likely N-dealkylation sites (N-methyl/N-ethyl adjacent to an activating group) is 1. The smallest absolute Gasteiger partial charge is 0.229 e. The first-order valence-electron chi connectivity index (χ1n) is 10.4. The second-order valence-electron chi connectivity index (χ2n) is 7.88.